The van der Waals surface area contributed by atoms with Crippen LogP contribution < -0.4 is 5.32 Å². The van der Waals surface area contributed by atoms with Crippen LogP contribution in [0.1, 0.15) is 44.5 Å². The van der Waals surface area contributed by atoms with Crippen molar-refractivity contribution in [3.8, 4) is 0 Å². The first-order chi connectivity index (χ1) is 9.69. The minimum atomic E-state index is 0.426. The zero-order valence-electron chi connectivity index (χ0n) is 12.8. The van der Waals surface area contributed by atoms with Crippen molar-refractivity contribution in [3.63, 3.8) is 0 Å². The number of hydrogen-bond acceptors (Lipinski definition) is 3. The summed E-state index contributed by atoms with van der Waals surface area (Å²) < 4.78 is 9.08. The molecule has 0 radical (unpaired) electrons. The standard InChI is InChI=1S/C15H26BrN3O/c1-4-13-15(16)14(19(5-2)18-13)10-11(17-3)9-12-7-6-8-20-12/h11-12,17H,4-10H2,1-3H3. The van der Waals surface area contributed by atoms with Crippen molar-refractivity contribution in [2.45, 2.75) is 64.6 Å². The molecule has 20 heavy (non-hydrogen) atoms. The topological polar surface area (TPSA) is 39.1 Å². The van der Waals surface area contributed by atoms with Gasteiger partial charge in [-0.15, -0.1) is 0 Å². The van der Waals surface area contributed by atoms with E-state index in [4.69, 9.17) is 4.74 Å². The molecule has 114 valence electrons. The Hall–Kier alpha value is -0.390. The van der Waals surface area contributed by atoms with Crippen LogP contribution in [0, 0.1) is 0 Å². The van der Waals surface area contributed by atoms with Gasteiger partial charge in [-0.2, -0.15) is 5.10 Å². The summed E-state index contributed by atoms with van der Waals surface area (Å²) in [5, 5.41) is 8.12. The quantitative estimate of drug-likeness (QED) is 0.827. The number of rotatable bonds is 7. The van der Waals surface area contributed by atoms with E-state index in [0.717, 1.165) is 38.1 Å². The molecular formula is C15H26BrN3O. The van der Waals surface area contributed by atoms with Gasteiger partial charge in [0.25, 0.3) is 0 Å². The largest absolute Gasteiger partial charge is 0.378 e. The van der Waals surface area contributed by atoms with Crippen molar-refractivity contribution in [1.82, 2.24) is 15.1 Å². The van der Waals surface area contributed by atoms with Crippen LogP contribution in [0.4, 0.5) is 0 Å². The molecule has 5 heteroatoms. The molecule has 2 atom stereocenters. The molecule has 2 rings (SSSR count). The first-order valence-electron chi connectivity index (χ1n) is 7.72. The van der Waals surface area contributed by atoms with E-state index in [1.165, 1.54) is 23.0 Å². The Morgan fingerprint density at radius 1 is 1.50 bits per heavy atom. The minimum absolute atomic E-state index is 0.426. The Bertz CT molecular complexity index is 427. The van der Waals surface area contributed by atoms with Crippen molar-refractivity contribution < 1.29 is 4.74 Å². The first kappa shape index (κ1) is 16.0. The van der Waals surface area contributed by atoms with Gasteiger partial charge in [-0.25, -0.2) is 0 Å². The van der Waals surface area contributed by atoms with Crippen molar-refractivity contribution in [2.24, 2.45) is 0 Å². The molecular weight excluding hydrogens is 318 g/mol. The molecule has 2 unspecified atom stereocenters. The summed E-state index contributed by atoms with van der Waals surface area (Å²) in [4.78, 5) is 0. The van der Waals surface area contributed by atoms with Gasteiger partial charge < -0.3 is 10.1 Å². The highest BCUT2D eigenvalue weighted by Gasteiger charge is 2.23. The second kappa shape index (κ2) is 7.57. The molecule has 4 nitrogen and oxygen atoms in total. The first-order valence-corrected chi connectivity index (χ1v) is 8.51. The predicted molar refractivity (Wildman–Crippen MR) is 85.1 cm³/mol. The molecule has 0 amide bonds. The van der Waals surface area contributed by atoms with Crippen molar-refractivity contribution in [1.29, 1.82) is 0 Å². The molecule has 1 aliphatic rings. The van der Waals surface area contributed by atoms with E-state index in [0.29, 0.717) is 12.1 Å². The maximum atomic E-state index is 5.76. The summed E-state index contributed by atoms with van der Waals surface area (Å²) in [6.07, 6.45) is 5.88. The van der Waals surface area contributed by atoms with Crippen LogP contribution in [-0.2, 0) is 24.1 Å². The number of likely N-dealkylation sites (N-methyl/N-ethyl adjacent to an activating group) is 1. The van der Waals surface area contributed by atoms with Gasteiger partial charge in [-0.1, -0.05) is 6.92 Å². The molecule has 0 aliphatic carbocycles. The van der Waals surface area contributed by atoms with Gasteiger partial charge in [0.1, 0.15) is 0 Å². The van der Waals surface area contributed by atoms with Crippen LogP contribution >= 0.6 is 15.9 Å². The number of ether oxygens (including phenoxy) is 1. The Balaban J connectivity index is 2.07. The summed E-state index contributed by atoms with van der Waals surface area (Å²) >= 11 is 3.73. The fraction of sp³-hybridized carbons (Fsp3) is 0.800. The monoisotopic (exact) mass is 343 g/mol. The zero-order valence-corrected chi connectivity index (χ0v) is 14.4. The molecule has 1 saturated heterocycles. The third-order valence-corrected chi connectivity index (χ3v) is 5.03. The highest BCUT2D eigenvalue weighted by Crippen LogP contribution is 2.25. The Kier molecular flexibility index (Phi) is 6.05. The number of hydrogen-bond donors (Lipinski definition) is 1. The summed E-state index contributed by atoms with van der Waals surface area (Å²) in [5.74, 6) is 0. The predicted octanol–water partition coefficient (Wildman–Crippen LogP) is 2.93. The summed E-state index contributed by atoms with van der Waals surface area (Å²) in [5.41, 5.74) is 2.47. The molecule has 1 N–H and O–H groups in total. The molecule has 1 aromatic heterocycles. The lowest BCUT2D eigenvalue weighted by molar-refractivity contribution is 0.0952. The van der Waals surface area contributed by atoms with Crippen LogP contribution in [-0.4, -0.2) is 35.6 Å². The molecule has 2 heterocycles. The smallest absolute Gasteiger partial charge is 0.0766 e. The molecule has 0 bridgehead atoms. The average molecular weight is 344 g/mol. The van der Waals surface area contributed by atoms with E-state index >= 15 is 0 Å². The second-order valence-electron chi connectivity index (χ2n) is 5.44. The number of nitrogens with zero attached hydrogens (tertiary/aromatic N) is 2. The Morgan fingerprint density at radius 3 is 2.85 bits per heavy atom. The van der Waals surface area contributed by atoms with Crippen molar-refractivity contribution >= 4 is 15.9 Å². The van der Waals surface area contributed by atoms with Gasteiger partial charge in [0, 0.05) is 25.6 Å². The van der Waals surface area contributed by atoms with Gasteiger partial charge in [-0.05, 0) is 55.6 Å². The van der Waals surface area contributed by atoms with Crippen LogP contribution in [0.3, 0.4) is 0 Å². The lowest BCUT2D eigenvalue weighted by Crippen LogP contribution is -2.32. The van der Waals surface area contributed by atoms with Crippen LogP contribution in [0.25, 0.3) is 0 Å². The SMILES string of the molecule is CCc1nn(CC)c(CC(CC2CCCO2)NC)c1Br. The normalized spacial score (nSPS) is 20.5. The Morgan fingerprint density at radius 2 is 2.30 bits per heavy atom. The number of nitrogens with one attached hydrogen (secondary N) is 1. The highest BCUT2D eigenvalue weighted by atomic mass is 79.9. The molecule has 0 saturated carbocycles. The van der Waals surface area contributed by atoms with Gasteiger partial charge >= 0.3 is 0 Å². The summed E-state index contributed by atoms with van der Waals surface area (Å²) in [6, 6.07) is 0.445. The van der Waals surface area contributed by atoms with E-state index < -0.39 is 0 Å². The van der Waals surface area contributed by atoms with Gasteiger partial charge in [0.2, 0.25) is 0 Å². The summed E-state index contributed by atoms with van der Waals surface area (Å²) in [7, 11) is 2.04. The molecule has 1 aliphatic heterocycles. The molecule has 0 spiro atoms. The van der Waals surface area contributed by atoms with E-state index in [-0.39, 0.29) is 0 Å². The molecule has 1 aromatic rings. The van der Waals surface area contributed by atoms with Crippen molar-refractivity contribution in [2.75, 3.05) is 13.7 Å². The lowest BCUT2D eigenvalue weighted by atomic mass is 10.0. The van der Waals surface area contributed by atoms with Gasteiger partial charge in [0.15, 0.2) is 0 Å². The number of aromatic nitrogens is 2. The number of aryl methyl sites for hydroxylation is 2. The van der Waals surface area contributed by atoms with E-state index in [2.05, 4.69) is 44.9 Å². The third-order valence-electron chi connectivity index (χ3n) is 4.11. The van der Waals surface area contributed by atoms with Crippen molar-refractivity contribution in [3.05, 3.63) is 15.9 Å². The van der Waals surface area contributed by atoms with Crippen LogP contribution in [0.5, 0.6) is 0 Å². The van der Waals surface area contributed by atoms with E-state index in [9.17, 15) is 0 Å². The summed E-state index contributed by atoms with van der Waals surface area (Å²) in [6.45, 7) is 6.15. The van der Waals surface area contributed by atoms with Crippen LogP contribution in [0.2, 0.25) is 0 Å². The lowest BCUT2D eigenvalue weighted by Gasteiger charge is -2.20. The number of halogens is 1. The fourth-order valence-corrected chi connectivity index (χ4v) is 3.62. The van der Waals surface area contributed by atoms with Crippen LogP contribution in [0.15, 0.2) is 4.47 Å². The molecule has 1 fully saturated rings. The second-order valence-corrected chi connectivity index (χ2v) is 6.23. The maximum Gasteiger partial charge on any atom is 0.0766 e. The molecule has 0 aromatic carbocycles. The van der Waals surface area contributed by atoms with E-state index in [1.807, 2.05) is 7.05 Å². The Labute approximate surface area is 130 Å². The average Bonchev–Trinajstić information content (AvgIpc) is 3.07. The van der Waals surface area contributed by atoms with Gasteiger partial charge in [-0.3, -0.25) is 4.68 Å². The van der Waals surface area contributed by atoms with Gasteiger partial charge in [0.05, 0.1) is 22.0 Å². The highest BCUT2D eigenvalue weighted by molar-refractivity contribution is 9.10. The third kappa shape index (κ3) is 3.62. The minimum Gasteiger partial charge on any atom is -0.378 e. The zero-order chi connectivity index (χ0) is 14.5. The fourth-order valence-electron chi connectivity index (χ4n) is 2.90. The maximum absolute atomic E-state index is 5.76. The van der Waals surface area contributed by atoms with E-state index in [1.54, 1.807) is 0 Å².